The van der Waals surface area contributed by atoms with Crippen LogP contribution in [0.3, 0.4) is 0 Å². The minimum absolute atomic E-state index is 0.0436. The maximum absolute atomic E-state index is 11.2. The van der Waals surface area contributed by atoms with E-state index in [0.29, 0.717) is 19.1 Å². The second-order valence-corrected chi connectivity index (χ2v) is 5.79. The predicted molar refractivity (Wildman–Crippen MR) is 86.6 cm³/mol. The molecule has 132 valence electrons. The van der Waals surface area contributed by atoms with Crippen molar-refractivity contribution in [1.29, 1.82) is 0 Å². The molecule has 23 heavy (non-hydrogen) atoms. The van der Waals surface area contributed by atoms with E-state index >= 15 is 0 Å². The third-order valence-corrected chi connectivity index (χ3v) is 3.78. The molecule has 0 saturated carbocycles. The van der Waals surface area contributed by atoms with Crippen LogP contribution in [0.25, 0.3) is 0 Å². The van der Waals surface area contributed by atoms with Crippen LogP contribution in [-0.4, -0.2) is 64.2 Å². The largest absolute Gasteiger partial charge is 0.462 e. The molecule has 1 saturated heterocycles. The second-order valence-electron chi connectivity index (χ2n) is 5.79. The van der Waals surface area contributed by atoms with E-state index in [1.165, 1.54) is 6.92 Å². The zero-order chi connectivity index (χ0) is 16.9. The minimum atomic E-state index is -0.189. The quantitative estimate of drug-likeness (QED) is 0.278. The van der Waals surface area contributed by atoms with Gasteiger partial charge in [0, 0.05) is 39.5 Å². The molecule has 0 amide bonds. The first kappa shape index (κ1) is 19.8. The van der Waals surface area contributed by atoms with E-state index in [2.05, 4.69) is 24.0 Å². The van der Waals surface area contributed by atoms with E-state index in [0.717, 1.165) is 38.8 Å². The molecule has 2 unspecified atom stereocenters. The zero-order valence-corrected chi connectivity index (χ0v) is 14.5. The molecule has 0 radical (unpaired) electrons. The van der Waals surface area contributed by atoms with Crippen LogP contribution in [0.4, 0.5) is 0 Å². The Bertz CT molecular complexity index is 390. The number of carbonyl (C=O) groups excluding carboxylic acids is 1. The van der Waals surface area contributed by atoms with Gasteiger partial charge in [0.15, 0.2) is 6.79 Å². The number of nitrogens with zero attached hydrogens (tertiary/aromatic N) is 1. The molecule has 0 N–H and O–H groups in total. The SMILES string of the molecule is COCCOCOC#CCCCC1CN(C)CCC1OC(C)=O. The second kappa shape index (κ2) is 12.2. The maximum atomic E-state index is 11.2. The van der Waals surface area contributed by atoms with E-state index < -0.39 is 0 Å². The van der Waals surface area contributed by atoms with Gasteiger partial charge in [-0.1, -0.05) is 5.92 Å². The van der Waals surface area contributed by atoms with E-state index in [9.17, 15) is 4.79 Å². The topological polar surface area (TPSA) is 57.2 Å². The Kier molecular flexibility index (Phi) is 10.5. The molecular formula is C17H29NO5. The van der Waals surface area contributed by atoms with Crippen molar-refractivity contribution >= 4 is 5.97 Å². The zero-order valence-electron chi connectivity index (χ0n) is 14.5. The molecule has 1 fully saturated rings. The van der Waals surface area contributed by atoms with Gasteiger partial charge >= 0.3 is 5.97 Å². The average Bonchev–Trinajstić information content (AvgIpc) is 2.51. The molecule has 1 rings (SSSR count). The van der Waals surface area contributed by atoms with Crippen LogP contribution < -0.4 is 0 Å². The Morgan fingerprint density at radius 3 is 2.91 bits per heavy atom. The molecule has 1 aliphatic heterocycles. The number of hydrogen-bond acceptors (Lipinski definition) is 6. The summed E-state index contributed by atoms with van der Waals surface area (Å²) in [5.74, 6) is 3.18. The molecule has 1 aliphatic rings. The summed E-state index contributed by atoms with van der Waals surface area (Å²) in [6, 6.07) is 0. The lowest BCUT2D eigenvalue weighted by Gasteiger charge is -2.36. The van der Waals surface area contributed by atoms with Crippen LogP contribution in [0.1, 0.15) is 32.6 Å². The van der Waals surface area contributed by atoms with Gasteiger partial charge in [-0.2, -0.15) is 0 Å². The highest BCUT2D eigenvalue weighted by Crippen LogP contribution is 2.24. The van der Waals surface area contributed by atoms with Gasteiger partial charge in [-0.25, -0.2) is 0 Å². The summed E-state index contributed by atoms with van der Waals surface area (Å²) in [5, 5.41) is 0. The number of unbranched alkanes of at least 4 members (excludes halogenated alkanes) is 1. The highest BCUT2D eigenvalue weighted by Gasteiger charge is 2.29. The van der Waals surface area contributed by atoms with E-state index in [-0.39, 0.29) is 18.9 Å². The Morgan fingerprint density at radius 1 is 1.35 bits per heavy atom. The van der Waals surface area contributed by atoms with Gasteiger partial charge in [-0.15, -0.1) is 0 Å². The van der Waals surface area contributed by atoms with E-state index in [1.54, 1.807) is 7.11 Å². The summed E-state index contributed by atoms with van der Waals surface area (Å²) in [5.41, 5.74) is 0. The normalized spacial score (nSPS) is 21.3. The standard InChI is InChI=1S/C17H29NO5/c1-15(19)23-17-8-9-18(2)13-16(17)7-5-4-6-10-21-14-22-12-11-20-3/h16-17H,4-5,7-9,11-14H2,1-3H3. The number of ether oxygens (including phenoxy) is 4. The Hall–Kier alpha value is -1.29. The Balaban J connectivity index is 2.16. The van der Waals surface area contributed by atoms with Crippen molar-refractivity contribution in [3.05, 3.63) is 0 Å². The summed E-state index contributed by atoms with van der Waals surface area (Å²) in [6.45, 7) is 4.65. The first-order valence-electron chi connectivity index (χ1n) is 8.15. The smallest absolute Gasteiger partial charge is 0.302 e. The van der Waals surface area contributed by atoms with E-state index in [4.69, 9.17) is 18.9 Å². The van der Waals surface area contributed by atoms with Crippen LogP contribution in [0.5, 0.6) is 0 Å². The fraction of sp³-hybridized carbons (Fsp3) is 0.824. The van der Waals surface area contributed by atoms with Gasteiger partial charge in [0.2, 0.25) is 0 Å². The van der Waals surface area contributed by atoms with Gasteiger partial charge in [0.25, 0.3) is 0 Å². The number of methoxy groups -OCH3 is 1. The number of hydrogen-bond donors (Lipinski definition) is 0. The van der Waals surface area contributed by atoms with Crippen molar-refractivity contribution in [2.75, 3.05) is 47.3 Å². The van der Waals surface area contributed by atoms with Crippen molar-refractivity contribution in [3.8, 4) is 12.0 Å². The average molecular weight is 327 g/mol. The first-order valence-corrected chi connectivity index (χ1v) is 8.15. The first-order chi connectivity index (χ1) is 11.1. The molecule has 1 heterocycles. The highest BCUT2D eigenvalue weighted by molar-refractivity contribution is 5.66. The van der Waals surface area contributed by atoms with Crippen LogP contribution in [0, 0.1) is 17.9 Å². The fourth-order valence-electron chi connectivity index (χ4n) is 2.67. The molecule has 6 nitrogen and oxygen atoms in total. The van der Waals surface area contributed by atoms with Crippen molar-refractivity contribution in [2.45, 2.75) is 38.7 Å². The predicted octanol–water partition coefficient (Wildman–Crippen LogP) is 1.64. The minimum Gasteiger partial charge on any atom is -0.462 e. The van der Waals surface area contributed by atoms with Crippen LogP contribution in [0.15, 0.2) is 0 Å². The van der Waals surface area contributed by atoms with Crippen LogP contribution >= 0.6 is 0 Å². The van der Waals surface area contributed by atoms with Crippen LogP contribution in [-0.2, 0) is 23.7 Å². The molecule has 0 spiro atoms. The van der Waals surface area contributed by atoms with Crippen molar-refractivity contribution in [1.82, 2.24) is 4.90 Å². The number of esters is 1. The highest BCUT2D eigenvalue weighted by atomic mass is 16.7. The number of carbonyl (C=O) groups is 1. The maximum Gasteiger partial charge on any atom is 0.302 e. The summed E-state index contributed by atoms with van der Waals surface area (Å²) < 4.78 is 20.5. The summed E-state index contributed by atoms with van der Waals surface area (Å²) in [6.07, 6.45) is 6.33. The number of piperidine rings is 1. The lowest BCUT2D eigenvalue weighted by Crippen LogP contribution is -2.43. The molecule has 6 heteroatoms. The van der Waals surface area contributed by atoms with Gasteiger partial charge in [-0.3, -0.25) is 4.79 Å². The van der Waals surface area contributed by atoms with Crippen LogP contribution in [0.2, 0.25) is 0 Å². The lowest BCUT2D eigenvalue weighted by molar-refractivity contribution is -0.152. The fourth-order valence-corrected chi connectivity index (χ4v) is 2.67. The van der Waals surface area contributed by atoms with E-state index in [1.807, 2.05) is 0 Å². The van der Waals surface area contributed by atoms with Crippen molar-refractivity contribution in [2.24, 2.45) is 5.92 Å². The van der Waals surface area contributed by atoms with Crippen molar-refractivity contribution in [3.63, 3.8) is 0 Å². The number of likely N-dealkylation sites (tertiary alicyclic amines) is 1. The van der Waals surface area contributed by atoms with Gasteiger partial charge in [-0.05, 0) is 26.3 Å². The van der Waals surface area contributed by atoms with Gasteiger partial charge in [0.1, 0.15) is 12.2 Å². The Labute approximate surface area is 139 Å². The van der Waals surface area contributed by atoms with Gasteiger partial charge in [0.05, 0.1) is 13.2 Å². The summed E-state index contributed by atoms with van der Waals surface area (Å²) in [7, 11) is 3.73. The molecule has 0 aromatic heterocycles. The third-order valence-electron chi connectivity index (χ3n) is 3.78. The molecule has 2 atom stereocenters. The number of rotatable bonds is 9. The summed E-state index contributed by atoms with van der Waals surface area (Å²) >= 11 is 0. The molecule has 0 aromatic carbocycles. The molecular weight excluding hydrogens is 298 g/mol. The summed E-state index contributed by atoms with van der Waals surface area (Å²) in [4.78, 5) is 13.5. The van der Waals surface area contributed by atoms with Crippen molar-refractivity contribution < 1.29 is 23.7 Å². The lowest BCUT2D eigenvalue weighted by atomic mass is 9.90. The monoisotopic (exact) mass is 327 g/mol. The Morgan fingerprint density at radius 2 is 2.17 bits per heavy atom. The third kappa shape index (κ3) is 9.44. The molecule has 0 aliphatic carbocycles. The van der Waals surface area contributed by atoms with Gasteiger partial charge < -0.3 is 23.8 Å². The molecule has 0 aromatic rings. The molecule has 0 bridgehead atoms.